The molecule has 9 nitrogen and oxygen atoms in total. The Kier molecular flexibility index (Phi) is 6.97. The molecule has 0 aliphatic carbocycles. The Morgan fingerprint density at radius 2 is 2.00 bits per heavy atom. The molecule has 1 aliphatic heterocycles. The van der Waals surface area contributed by atoms with Gasteiger partial charge in [0.05, 0.1) is 23.0 Å². The molecule has 1 amide bonds. The average molecular weight is 477 g/mol. The van der Waals surface area contributed by atoms with Gasteiger partial charge < -0.3 is 14.2 Å². The number of thioether (sulfide) groups is 1. The van der Waals surface area contributed by atoms with Crippen molar-refractivity contribution in [1.29, 1.82) is 0 Å². The van der Waals surface area contributed by atoms with Crippen molar-refractivity contribution in [3.05, 3.63) is 48.4 Å². The topological polar surface area (TPSA) is 119 Å². The first kappa shape index (κ1) is 22.6. The molecule has 1 atom stereocenters. The van der Waals surface area contributed by atoms with Crippen LogP contribution in [0.5, 0.6) is 0 Å². The Bertz CT molecular complexity index is 1150. The second kappa shape index (κ2) is 9.88. The summed E-state index contributed by atoms with van der Waals surface area (Å²) < 4.78 is 38.3. The Hall–Kier alpha value is -2.63. The van der Waals surface area contributed by atoms with E-state index in [1.54, 1.807) is 42.7 Å². The Balaban J connectivity index is 1.39. The maximum absolute atomic E-state index is 12.9. The van der Waals surface area contributed by atoms with E-state index in [9.17, 15) is 13.2 Å². The fourth-order valence-corrected chi connectivity index (χ4v) is 5.59. The van der Waals surface area contributed by atoms with Gasteiger partial charge >= 0.3 is 0 Å². The molecule has 1 fully saturated rings. The lowest BCUT2D eigenvalue weighted by atomic mass is 10.2. The van der Waals surface area contributed by atoms with Crippen molar-refractivity contribution < 1.29 is 22.0 Å². The van der Waals surface area contributed by atoms with Crippen LogP contribution in [0.2, 0.25) is 0 Å². The fraction of sp³-hybridized carbons (Fsp3) is 0.381. The number of amides is 1. The van der Waals surface area contributed by atoms with Crippen LogP contribution in [0.4, 0.5) is 0 Å². The summed E-state index contributed by atoms with van der Waals surface area (Å²) in [6.07, 6.45) is 4.35. The van der Waals surface area contributed by atoms with E-state index in [1.165, 1.54) is 4.31 Å². The number of carbonyl (C=O) groups is 1. The van der Waals surface area contributed by atoms with Gasteiger partial charge in [0.25, 0.3) is 5.22 Å². The molecule has 32 heavy (non-hydrogen) atoms. The molecule has 170 valence electrons. The van der Waals surface area contributed by atoms with Crippen LogP contribution in [-0.2, 0) is 14.8 Å². The van der Waals surface area contributed by atoms with Gasteiger partial charge in [-0.25, -0.2) is 8.42 Å². The number of nitrogens with zero attached hydrogens (tertiary/aromatic N) is 3. The average Bonchev–Trinajstić information content (AvgIpc) is 3.51. The quantitative estimate of drug-likeness (QED) is 0.491. The highest BCUT2D eigenvalue weighted by Gasteiger charge is 2.26. The molecule has 4 rings (SSSR count). The molecular formula is C21H24N4O5S2. The van der Waals surface area contributed by atoms with Gasteiger partial charge in [0.1, 0.15) is 5.76 Å². The first-order valence-electron chi connectivity index (χ1n) is 10.3. The van der Waals surface area contributed by atoms with E-state index < -0.39 is 10.0 Å². The fourth-order valence-electron chi connectivity index (χ4n) is 3.45. The number of hydrogen-bond donors (Lipinski definition) is 1. The molecule has 0 radical (unpaired) electrons. The number of sulfonamides is 1. The van der Waals surface area contributed by atoms with Crippen molar-refractivity contribution in [2.75, 3.05) is 18.8 Å². The van der Waals surface area contributed by atoms with Gasteiger partial charge in [-0.15, -0.1) is 10.2 Å². The van der Waals surface area contributed by atoms with E-state index in [-0.39, 0.29) is 33.7 Å². The number of hydrogen-bond acceptors (Lipinski definition) is 8. The van der Waals surface area contributed by atoms with E-state index in [0.29, 0.717) is 24.4 Å². The zero-order chi connectivity index (χ0) is 22.6. The molecular weight excluding hydrogens is 452 g/mol. The summed E-state index contributed by atoms with van der Waals surface area (Å²) in [6.45, 7) is 2.90. The molecule has 1 aliphatic rings. The molecule has 2 aromatic heterocycles. The standard InChI is InChI=1S/C21H24N4O5S2/c1-15(18-9-6-12-29-18)22-19(26)14-31-21-24-23-20(30-21)16-7-5-8-17(13-16)32(27,28)25-10-3-2-4-11-25/h5-9,12-13,15H,2-4,10-11,14H2,1H3,(H,22,26)/t15-/m0/s1. The smallest absolute Gasteiger partial charge is 0.277 e. The van der Waals surface area contributed by atoms with Gasteiger partial charge in [-0.1, -0.05) is 24.2 Å². The van der Waals surface area contributed by atoms with Crippen LogP contribution in [0, 0.1) is 0 Å². The van der Waals surface area contributed by atoms with Crippen LogP contribution in [0.3, 0.4) is 0 Å². The molecule has 1 N–H and O–H groups in total. The Morgan fingerprint density at radius 1 is 1.19 bits per heavy atom. The molecule has 0 saturated carbocycles. The third kappa shape index (κ3) is 5.22. The van der Waals surface area contributed by atoms with Gasteiger partial charge in [-0.3, -0.25) is 4.79 Å². The predicted octanol–water partition coefficient (Wildman–Crippen LogP) is 3.47. The van der Waals surface area contributed by atoms with Crippen LogP contribution >= 0.6 is 11.8 Å². The minimum Gasteiger partial charge on any atom is -0.467 e. The third-order valence-corrected chi connectivity index (χ3v) is 7.83. The van der Waals surface area contributed by atoms with Gasteiger partial charge in [0.15, 0.2) is 0 Å². The number of aromatic nitrogens is 2. The molecule has 11 heteroatoms. The maximum Gasteiger partial charge on any atom is 0.277 e. The highest BCUT2D eigenvalue weighted by molar-refractivity contribution is 7.99. The second-order valence-electron chi connectivity index (χ2n) is 7.46. The molecule has 1 saturated heterocycles. The van der Waals surface area contributed by atoms with Crippen LogP contribution in [0.1, 0.15) is 38.0 Å². The zero-order valence-electron chi connectivity index (χ0n) is 17.6. The first-order valence-corrected chi connectivity index (χ1v) is 12.8. The molecule has 3 heterocycles. The minimum atomic E-state index is -3.56. The Morgan fingerprint density at radius 3 is 2.75 bits per heavy atom. The van der Waals surface area contributed by atoms with E-state index >= 15 is 0 Å². The monoisotopic (exact) mass is 476 g/mol. The summed E-state index contributed by atoms with van der Waals surface area (Å²) in [4.78, 5) is 12.4. The number of piperidine rings is 1. The van der Waals surface area contributed by atoms with Crippen molar-refractivity contribution in [1.82, 2.24) is 19.8 Å². The van der Waals surface area contributed by atoms with Crippen LogP contribution in [0.25, 0.3) is 11.5 Å². The van der Waals surface area contributed by atoms with Gasteiger partial charge in [-0.2, -0.15) is 4.31 Å². The van der Waals surface area contributed by atoms with E-state index in [0.717, 1.165) is 31.0 Å². The van der Waals surface area contributed by atoms with Crippen molar-refractivity contribution in [2.45, 2.75) is 42.3 Å². The van der Waals surface area contributed by atoms with Crippen molar-refractivity contribution in [2.24, 2.45) is 0 Å². The van der Waals surface area contributed by atoms with Crippen molar-refractivity contribution in [3.63, 3.8) is 0 Å². The largest absolute Gasteiger partial charge is 0.467 e. The lowest BCUT2D eigenvalue weighted by molar-refractivity contribution is -0.119. The second-order valence-corrected chi connectivity index (χ2v) is 10.3. The Labute approximate surface area is 190 Å². The summed E-state index contributed by atoms with van der Waals surface area (Å²) >= 11 is 1.11. The van der Waals surface area contributed by atoms with E-state index in [4.69, 9.17) is 8.83 Å². The summed E-state index contributed by atoms with van der Waals surface area (Å²) in [5.74, 6) is 0.763. The molecule has 0 bridgehead atoms. The summed E-state index contributed by atoms with van der Waals surface area (Å²) in [7, 11) is -3.56. The van der Waals surface area contributed by atoms with Gasteiger partial charge in [0, 0.05) is 18.7 Å². The van der Waals surface area contributed by atoms with Crippen molar-refractivity contribution in [3.8, 4) is 11.5 Å². The van der Waals surface area contributed by atoms with Crippen LogP contribution in [0.15, 0.2) is 61.6 Å². The first-order chi connectivity index (χ1) is 15.4. The third-order valence-electron chi connectivity index (χ3n) is 5.11. The minimum absolute atomic E-state index is 0.0933. The number of furan rings is 1. The zero-order valence-corrected chi connectivity index (χ0v) is 19.2. The number of carbonyl (C=O) groups excluding carboxylic acids is 1. The number of benzene rings is 1. The summed E-state index contributed by atoms with van der Waals surface area (Å²) in [5.41, 5.74) is 0.512. The highest BCUT2D eigenvalue weighted by atomic mass is 32.2. The molecule has 0 spiro atoms. The molecule has 3 aromatic rings. The SMILES string of the molecule is C[C@H](NC(=O)CSc1nnc(-c2cccc(S(=O)(=O)N3CCCCC3)c2)o1)c1ccco1. The summed E-state index contributed by atoms with van der Waals surface area (Å²) in [5, 5.41) is 11.0. The van der Waals surface area contributed by atoms with E-state index in [1.807, 2.05) is 6.92 Å². The molecule has 0 unspecified atom stereocenters. The lowest BCUT2D eigenvalue weighted by Crippen LogP contribution is -2.35. The van der Waals surface area contributed by atoms with E-state index in [2.05, 4.69) is 15.5 Å². The van der Waals surface area contributed by atoms with Gasteiger partial charge in [0.2, 0.25) is 21.8 Å². The predicted molar refractivity (Wildman–Crippen MR) is 118 cm³/mol. The van der Waals surface area contributed by atoms with Crippen LogP contribution in [-0.4, -0.2) is 47.7 Å². The van der Waals surface area contributed by atoms with Crippen LogP contribution < -0.4 is 5.32 Å². The number of nitrogens with one attached hydrogen (secondary N) is 1. The lowest BCUT2D eigenvalue weighted by Gasteiger charge is -2.25. The van der Waals surface area contributed by atoms with Gasteiger partial charge in [-0.05, 0) is 50.1 Å². The normalized spacial score (nSPS) is 16.0. The number of rotatable bonds is 8. The maximum atomic E-state index is 12.9. The highest BCUT2D eigenvalue weighted by Crippen LogP contribution is 2.27. The summed E-state index contributed by atoms with van der Waals surface area (Å²) in [6, 6.07) is 9.80. The molecule has 1 aromatic carbocycles. The van der Waals surface area contributed by atoms with Crippen molar-refractivity contribution >= 4 is 27.7 Å².